The van der Waals surface area contributed by atoms with Gasteiger partial charge < -0.3 is 15.2 Å². The molecule has 1 aliphatic heterocycles. The summed E-state index contributed by atoms with van der Waals surface area (Å²) in [5, 5.41) is 15.6. The van der Waals surface area contributed by atoms with E-state index in [4.69, 9.17) is 4.99 Å². The fourth-order valence-corrected chi connectivity index (χ4v) is 4.21. The third-order valence-electron chi connectivity index (χ3n) is 5.78. The standard InChI is InChI=1S/C19H34N6/c1-4-15-7-6-8-17(11-15)22-19(20-5-2)21-12-16-9-10-18-24-23-14(3)25(18)13-16/h15-17H,4-13H2,1-3H3,(H2,20,21,22). The van der Waals surface area contributed by atoms with Crippen LogP contribution in [0.5, 0.6) is 0 Å². The van der Waals surface area contributed by atoms with Gasteiger partial charge in [-0.3, -0.25) is 4.99 Å². The van der Waals surface area contributed by atoms with Gasteiger partial charge in [-0.1, -0.05) is 26.2 Å². The molecule has 1 saturated carbocycles. The molecule has 6 nitrogen and oxygen atoms in total. The number of hydrogen-bond acceptors (Lipinski definition) is 3. The number of nitrogens with zero attached hydrogens (tertiary/aromatic N) is 4. The number of guanidine groups is 1. The molecule has 2 aliphatic rings. The predicted molar refractivity (Wildman–Crippen MR) is 102 cm³/mol. The summed E-state index contributed by atoms with van der Waals surface area (Å²) in [6, 6.07) is 0.578. The lowest BCUT2D eigenvalue weighted by atomic mass is 9.84. The van der Waals surface area contributed by atoms with Crippen molar-refractivity contribution in [2.75, 3.05) is 13.1 Å². The quantitative estimate of drug-likeness (QED) is 0.635. The molecule has 3 unspecified atom stereocenters. The Morgan fingerprint density at radius 1 is 1.20 bits per heavy atom. The van der Waals surface area contributed by atoms with Crippen LogP contribution in [0.4, 0.5) is 0 Å². The Kier molecular flexibility index (Phi) is 6.32. The lowest BCUT2D eigenvalue weighted by Gasteiger charge is -2.30. The third-order valence-corrected chi connectivity index (χ3v) is 5.78. The fraction of sp³-hybridized carbons (Fsp3) is 0.842. The first kappa shape index (κ1) is 18.2. The van der Waals surface area contributed by atoms with E-state index in [9.17, 15) is 0 Å². The van der Waals surface area contributed by atoms with Gasteiger partial charge in [0, 0.05) is 32.1 Å². The van der Waals surface area contributed by atoms with Crippen molar-refractivity contribution in [1.29, 1.82) is 0 Å². The van der Waals surface area contributed by atoms with E-state index in [1.165, 1.54) is 32.1 Å². The second-order valence-corrected chi connectivity index (χ2v) is 7.68. The first-order valence-corrected chi connectivity index (χ1v) is 10.1. The number of rotatable bonds is 5. The molecule has 0 bridgehead atoms. The Hall–Kier alpha value is -1.59. The van der Waals surface area contributed by atoms with Crippen LogP contribution in [0.2, 0.25) is 0 Å². The number of nitrogens with one attached hydrogen (secondary N) is 2. The average molecular weight is 347 g/mol. The summed E-state index contributed by atoms with van der Waals surface area (Å²) in [5.41, 5.74) is 0. The molecule has 1 aromatic rings. The molecule has 1 fully saturated rings. The van der Waals surface area contributed by atoms with Gasteiger partial charge in [0.2, 0.25) is 0 Å². The third kappa shape index (κ3) is 4.73. The van der Waals surface area contributed by atoms with Crippen LogP contribution in [0.25, 0.3) is 0 Å². The van der Waals surface area contributed by atoms with E-state index in [0.717, 1.165) is 56.0 Å². The molecule has 1 aromatic heterocycles. The van der Waals surface area contributed by atoms with Gasteiger partial charge in [-0.2, -0.15) is 0 Å². The van der Waals surface area contributed by atoms with Gasteiger partial charge in [-0.05, 0) is 44.9 Å². The van der Waals surface area contributed by atoms with E-state index in [2.05, 4.69) is 39.2 Å². The molecule has 0 radical (unpaired) electrons. The Bertz CT molecular complexity index is 578. The van der Waals surface area contributed by atoms with Crippen molar-refractivity contribution in [2.24, 2.45) is 16.8 Å². The number of aromatic nitrogens is 3. The zero-order chi connectivity index (χ0) is 17.6. The monoisotopic (exact) mass is 346 g/mol. The van der Waals surface area contributed by atoms with Gasteiger partial charge >= 0.3 is 0 Å². The van der Waals surface area contributed by atoms with Gasteiger partial charge in [0.05, 0.1) is 0 Å². The van der Waals surface area contributed by atoms with Gasteiger partial charge in [-0.15, -0.1) is 10.2 Å². The summed E-state index contributed by atoms with van der Waals surface area (Å²) < 4.78 is 2.26. The van der Waals surface area contributed by atoms with Crippen molar-refractivity contribution in [3.8, 4) is 0 Å². The van der Waals surface area contributed by atoms with Crippen molar-refractivity contribution >= 4 is 5.96 Å². The largest absolute Gasteiger partial charge is 0.357 e. The molecule has 0 saturated heterocycles. The number of aliphatic imine (C=N–C) groups is 1. The Morgan fingerprint density at radius 3 is 2.88 bits per heavy atom. The molecule has 3 rings (SSSR count). The van der Waals surface area contributed by atoms with Gasteiger partial charge in [0.25, 0.3) is 0 Å². The first-order chi connectivity index (χ1) is 12.2. The zero-order valence-electron chi connectivity index (χ0n) is 16.1. The van der Waals surface area contributed by atoms with E-state index in [1.54, 1.807) is 0 Å². The smallest absolute Gasteiger partial charge is 0.191 e. The highest BCUT2D eigenvalue weighted by Crippen LogP contribution is 2.26. The highest BCUT2D eigenvalue weighted by Gasteiger charge is 2.23. The molecule has 1 aliphatic carbocycles. The molecule has 0 spiro atoms. The topological polar surface area (TPSA) is 67.1 Å². The number of hydrogen-bond donors (Lipinski definition) is 2. The van der Waals surface area contributed by atoms with E-state index in [-0.39, 0.29) is 0 Å². The van der Waals surface area contributed by atoms with Crippen LogP contribution in [0.15, 0.2) is 4.99 Å². The zero-order valence-corrected chi connectivity index (χ0v) is 16.1. The maximum Gasteiger partial charge on any atom is 0.191 e. The van der Waals surface area contributed by atoms with Crippen molar-refractivity contribution in [1.82, 2.24) is 25.4 Å². The average Bonchev–Trinajstić information content (AvgIpc) is 3.01. The van der Waals surface area contributed by atoms with Crippen LogP contribution in [-0.4, -0.2) is 39.9 Å². The maximum atomic E-state index is 4.91. The van der Waals surface area contributed by atoms with Crippen molar-refractivity contribution in [3.05, 3.63) is 11.6 Å². The lowest BCUT2D eigenvalue weighted by molar-refractivity contribution is 0.298. The lowest BCUT2D eigenvalue weighted by Crippen LogP contribution is -2.45. The normalized spacial score (nSPS) is 27.0. The van der Waals surface area contributed by atoms with E-state index in [0.29, 0.717) is 12.0 Å². The van der Waals surface area contributed by atoms with Crippen LogP contribution in [0, 0.1) is 18.8 Å². The fourth-order valence-electron chi connectivity index (χ4n) is 4.21. The van der Waals surface area contributed by atoms with E-state index >= 15 is 0 Å². The SMILES string of the molecule is CCNC(=NCC1CCc2nnc(C)n2C1)NC1CCCC(CC)C1. The van der Waals surface area contributed by atoms with Crippen LogP contribution in [0.1, 0.15) is 64.0 Å². The Morgan fingerprint density at radius 2 is 2.08 bits per heavy atom. The predicted octanol–water partition coefficient (Wildman–Crippen LogP) is 2.67. The molecule has 3 atom stereocenters. The molecular weight excluding hydrogens is 312 g/mol. The molecule has 25 heavy (non-hydrogen) atoms. The number of aryl methyl sites for hydroxylation is 2. The highest BCUT2D eigenvalue weighted by molar-refractivity contribution is 5.80. The van der Waals surface area contributed by atoms with Crippen LogP contribution >= 0.6 is 0 Å². The maximum absolute atomic E-state index is 4.91. The van der Waals surface area contributed by atoms with Crippen LogP contribution in [0.3, 0.4) is 0 Å². The van der Waals surface area contributed by atoms with E-state index < -0.39 is 0 Å². The second kappa shape index (κ2) is 8.68. The molecular formula is C19H34N6. The van der Waals surface area contributed by atoms with Gasteiger partial charge in [-0.25, -0.2) is 0 Å². The molecule has 6 heteroatoms. The molecule has 140 valence electrons. The van der Waals surface area contributed by atoms with Crippen molar-refractivity contribution < 1.29 is 0 Å². The summed E-state index contributed by atoms with van der Waals surface area (Å²) in [4.78, 5) is 4.91. The Balaban J connectivity index is 1.56. The molecule has 0 amide bonds. The van der Waals surface area contributed by atoms with E-state index in [1.807, 2.05) is 6.92 Å². The summed E-state index contributed by atoms with van der Waals surface area (Å²) in [7, 11) is 0. The molecule has 2 N–H and O–H groups in total. The van der Waals surface area contributed by atoms with Crippen LogP contribution in [-0.2, 0) is 13.0 Å². The minimum absolute atomic E-state index is 0.576. The van der Waals surface area contributed by atoms with Crippen LogP contribution < -0.4 is 10.6 Å². The summed E-state index contributed by atoms with van der Waals surface area (Å²) in [5.74, 6) is 4.61. The molecule has 0 aromatic carbocycles. The summed E-state index contributed by atoms with van der Waals surface area (Å²) in [6.45, 7) is 9.28. The summed E-state index contributed by atoms with van der Waals surface area (Å²) in [6.07, 6.45) is 8.77. The minimum Gasteiger partial charge on any atom is -0.357 e. The minimum atomic E-state index is 0.576. The van der Waals surface area contributed by atoms with Crippen molar-refractivity contribution in [3.63, 3.8) is 0 Å². The highest BCUT2D eigenvalue weighted by atomic mass is 15.3. The Labute approximate surface area is 151 Å². The van der Waals surface area contributed by atoms with Gasteiger partial charge in [0.15, 0.2) is 5.96 Å². The van der Waals surface area contributed by atoms with Crippen molar-refractivity contribution in [2.45, 2.75) is 78.3 Å². The summed E-state index contributed by atoms with van der Waals surface area (Å²) >= 11 is 0. The number of fused-ring (bicyclic) bond motifs is 1. The molecule has 2 heterocycles. The first-order valence-electron chi connectivity index (χ1n) is 10.1. The second-order valence-electron chi connectivity index (χ2n) is 7.68. The van der Waals surface area contributed by atoms with Gasteiger partial charge in [0.1, 0.15) is 11.6 Å².